The molecule has 1 aliphatic carbocycles. The maximum atomic E-state index is 4.25. The normalized spacial score (nSPS) is 16.0. The van der Waals surface area contributed by atoms with Gasteiger partial charge in [0.05, 0.1) is 0 Å². The van der Waals surface area contributed by atoms with Crippen LogP contribution in [0.3, 0.4) is 0 Å². The van der Waals surface area contributed by atoms with Gasteiger partial charge in [-0.1, -0.05) is 11.6 Å². The van der Waals surface area contributed by atoms with E-state index in [1.165, 1.54) is 25.7 Å². The molecule has 0 amide bonds. The molecule has 124 valence electrons. The van der Waals surface area contributed by atoms with Crippen LogP contribution in [0.1, 0.15) is 52.9 Å². The first-order valence-electron chi connectivity index (χ1n) is 7.89. The number of nitrogens with one attached hydrogen (secondary N) is 3. The highest BCUT2D eigenvalue weighted by atomic mass is 127. The van der Waals surface area contributed by atoms with Gasteiger partial charge in [-0.25, -0.2) is 0 Å². The third-order valence-corrected chi connectivity index (χ3v) is 3.42. The van der Waals surface area contributed by atoms with Gasteiger partial charge in [0.15, 0.2) is 5.96 Å². The molecule has 0 fully saturated rings. The largest absolute Gasteiger partial charge is 0.356 e. The van der Waals surface area contributed by atoms with Crippen LogP contribution in [-0.4, -0.2) is 38.2 Å². The van der Waals surface area contributed by atoms with Crippen LogP contribution in [0.4, 0.5) is 0 Å². The molecule has 0 aliphatic heterocycles. The SMILES string of the molecule is CN=C(NCCNC(C)(C)C)NCCC1=CCCCC1.I. The van der Waals surface area contributed by atoms with Crippen LogP contribution >= 0.6 is 24.0 Å². The van der Waals surface area contributed by atoms with E-state index >= 15 is 0 Å². The summed E-state index contributed by atoms with van der Waals surface area (Å²) in [6, 6.07) is 0. The van der Waals surface area contributed by atoms with E-state index in [1.54, 1.807) is 5.57 Å². The lowest BCUT2D eigenvalue weighted by Gasteiger charge is -2.21. The first kappa shape index (κ1) is 20.7. The Balaban J connectivity index is 0.00000400. The Labute approximate surface area is 147 Å². The van der Waals surface area contributed by atoms with E-state index in [2.05, 4.69) is 47.8 Å². The predicted octanol–water partition coefficient (Wildman–Crippen LogP) is 3.05. The summed E-state index contributed by atoms with van der Waals surface area (Å²) in [5.41, 5.74) is 1.78. The first-order valence-corrected chi connectivity index (χ1v) is 7.89. The summed E-state index contributed by atoms with van der Waals surface area (Å²) >= 11 is 0. The Morgan fingerprint density at radius 1 is 1.14 bits per heavy atom. The Morgan fingerprint density at radius 2 is 1.86 bits per heavy atom. The molecule has 0 heterocycles. The van der Waals surface area contributed by atoms with Crippen molar-refractivity contribution in [3.8, 4) is 0 Å². The standard InChI is InChI=1S/C16H32N4.HI/c1-16(2,3)20-13-12-19-15(17-4)18-11-10-14-8-6-5-7-9-14;/h8,20H,5-7,9-13H2,1-4H3,(H2,17,18,19);1H. The minimum Gasteiger partial charge on any atom is -0.356 e. The van der Waals surface area contributed by atoms with E-state index in [4.69, 9.17) is 0 Å². The minimum absolute atomic E-state index is 0. The van der Waals surface area contributed by atoms with Gasteiger partial charge < -0.3 is 16.0 Å². The van der Waals surface area contributed by atoms with Gasteiger partial charge in [0.25, 0.3) is 0 Å². The molecule has 0 saturated heterocycles. The molecule has 0 bridgehead atoms. The average molecular weight is 408 g/mol. The highest BCUT2D eigenvalue weighted by molar-refractivity contribution is 14.0. The average Bonchev–Trinajstić information content (AvgIpc) is 2.41. The molecule has 0 spiro atoms. The molecule has 4 nitrogen and oxygen atoms in total. The predicted molar refractivity (Wildman–Crippen MR) is 104 cm³/mol. The lowest BCUT2D eigenvalue weighted by atomic mass is 9.97. The summed E-state index contributed by atoms with van der Waals surface area (Å²) in [5, 5.41) is 10.2. The minimum atomic E-state index is 0. The van der Waals surface area contributed by atoms with E-state index < -0.39 is 0 Å². The second-order valence-corrected chi connectivity index (χ2v) is 6.46. The Morgan fingerprint density at radius 3 is 2.43 bits per heavy atom. The van der Waals surface area contributed by atoms with Crippen LogP contribution in [0.15, 0.2) is 16.6 Å². The topological polar surface area (TPSA) is 48.5 Å². The first-order chi connectivity index (χ1) is 9.51. The third-order valence-electron chi connectivity index (χ3n) is 3.42. The molecule has 1 aliphatic rings. The smallest absolute Gasteiger partial charge is 0.191 e. The highest BCUT2D eigenvalue weighted by Gasteiger charge is 2.07. The number of halogens is 1. The quantitative estimate of drug-likeness (QED) is 0.208. The summed E-state index contributed by atoms with van der Waals surface area (Å²) < 4.78 is 0. The molecular weight excluding hydrogens is 375 g/mol. The van der Waals surface area contributed by atoms with E-state index in [0.717, 1.165) is 32.0 Å². The zero-order valence-electron chi connectivity index (χ0n) is 14.1. The molecular formula is C16H33IN4. The van der Waals surface area contributed by atoms with E-state index in [9.17, 15) is 0 Å². The molecule has 21 heavy (non-hydrogen) atoms. The van der Waals surface area contributed by atoms with Crippen molar-refractivity contribution in [1.29, 1.82) is 0 Å². The summed E-state index contributed by atoms with van der Waals surface area (Å²) in [7, 11) is 1.83. The second-order valence-electron chi connectivity index (χ2n) is 6.46. The van der Waals surface area contributed by atoms with Gasteiger partial charge in [0.2, 0.25) is 0 Å². The van der Waals surface area contributed by atoms with Crippen LogP contribution < -0.4 is 16.0 Å². The van der Waals surface area contributed by atoms with Crippen molar-refractivity contribution >= 4 is 29.9 Å². The molecule has 0 radical (unpaired) electrons. The monoisotopic (exact) mass is 408 g/mol. The van der Waals surface area contributed by atoms with Crippen LogP contribution in [0.25, 0.3) is 0 Å². The zero-order valence-corrected chi connectivity index (χ0v) is 16.4. The molecule has 1 rings (SSSR count). The van der Waals surface area contributed by atoms with Gasteiger partial charge >= 0.3 is 0 Å². The van der Waals surface area contributed by atoms with Crippen molar-refractivity contribution in [2.45, 2.75) is 58.4 Å². The van der Waals surface area contributed by atoms with Crippen LogP contribution in [0, 0.1) is 0 Å². The van der Waals surface area contributed by atoms with Gasteiger partial charge in [0.1, 0.15) is 0 Å². The summed E-state index contributed by atoms with van der Waals surface area (Å²) in [5.74, 6) is 0.900. The summed E-state index contributed by atoms with van der Waals surface area (Å²) in [6.45, 7) is 9.33. The maximum Gasteiger partial charge on any atom is 0.191 e. The number of hydrogen-bond donors (Lipinski definition) is 3. The van der Waals surface area contributed by atoms with Crippen LogP contribution in [0.2, 0.25) is 0 Å². The Bertz CT molecular complexity index is 332. The maximum absolute atomic E-state index is 4.25. The number of guanidine groups is 1. The Kier molecular flexibility index (Phi) is 11.1. The van der Waals surface area contributed by atoms with Crippen molar-refractivity contribution < 1.29 is 0 Å². The van der Waals surface area contributed by atoms with E-state index in [-0.39, 0.29) is 29.5 Å². The Hall–Kier alpha value is -0.300. The highest BCUT2D eigenvalue weighted by Crippen LogP contribution is 2.19. The fourth-order valence-corrected chi connectivity index (χ4v) is 2.31. The molecule has 0 aromatic carbocycles. The number of rotatable bonds is 6. The van der Waals surface area contributed by atoms with Crippen molar-refractivity contribution in [3.63, 3.8) is 0 Å². The molecule has 0 aromatic heterocycles. The van der Waals surface area contributed by atoms with Crippen LogP contribution in [-0.2, 0) is 0 Å². The summed E-state index contributed by atoms with van der Waals surface area (Å²) in [4.78, 5) is 4.25. The molecule has 5 heteroatoms. The molecule has 0 atom stereocenters. The number of hydrogen-bond acceptors (Lipinski definition) is 2. The third kappa shape index (κ3) is 11.0. The van der Waals surface area contributed by atoms with Crippen LogP contribution in [0.5, 0.6) is 0 Å². The fourth-order valence-electron chi connectivity index (χ4n) is 2.31. The molecule has 0 saturated carbocycles. The van der Waals surface area contributed by atoms with Gasteiger partial charge in [-0.05, 0) is 52.9 Å². The molecule has 0 unspecified atom stereocenters. The number of nitrogens with zero attached hydrogens (tertiary/aromatic N) is 1. The van der Waals surface area contributed by atoms with Crippen molar-refractivity contribution in [2.75, 3.05) is 26.7 Å². The summed E-state index contributed by atoms with van der Waals surface area (Å²) in [6.07, 6.45) is 8.82. The fraction of sp³-hybridized carbons (Fsp3) is 0.812. The molecule has 0 aromatic rings. The molecule has 3 N–H and O–H groups in total. The van der Waals surface area contributed by atoms with Crippen molar-refractivity contribution in [1.82, 2.24) is 16.0 Å². The van der Waals surface area contributed by atoms with Gasteiger partial charge in [0, 0.05) is 32.2 Å². The van der Waals surface area contributed by atoms with E-state index in [0.29, 0.717) is 0 Å². The van der Waals surface area contributed by atoms with Gasteiger partial charge in [-0.3, -0.25) is 4.99 Å². The van der Waals surface area contributed by atoms with E-state index in [1.807, 2.05) is 7.05 Å². The van der Waals surface area contributed by atoms with Crippen molar-refractivity contribution in [3.05, 3.63) is 11.6 Å². The lowest BCUT2D eigenvalue weighted by Crippen LogP contribution is -2.44. The van der Waals surface area contributed by atoms with Gasteiger partial charge in [-0.2, -0.15) is 0 Å². The van der Waals surface area contributed by atoms with Gasteiger partial charge in [-0.15, -0.1) is 24.0 Å². The second kappa shape index (κ2) is 11.3. The lowest BCUT2D eigenvalue weighted by molar-refractivity contribution is 0.428. The number of aliphatic imine (C=N–C) groups is 1. The zero-order chi connectivity index (χ0) is 14.8. The van der Waals surface area contributed by atoms with Crippen molar-refractivity contribution in [2.24, 2.45) is 4.99 Å². The number of allylic oxidation sites excluding steroid dienone is 1.